The number of nitro groups is 1. The fourth-order valence-electron chi connectivity index (χ4n) is 2.21. The molecule has 1 N–H and O–H groups in total. The van der Waals surface area contributed by atoms with Crippen molar-refractivity contribution < 1.29 is 9.66 Å². The standard InChI is InChI=1S/C16H26N2O3/c1-3-4-5-6-7-8-11-21-16-10-9-14(13-17-2)12-15(16)18(19)20/h9-10,12,17H,3-8,11,13H2,1-2H3. The Morgan fingerprint density at radius 2 is 1.90 bits per heavy atom. The summed E-state index contributed by atoms with van der Waals surface area (Å²) < 4.78 is 5.58. The molecule has 0 heterocycles. The van der Waals surface area contributed by atoms with Crippen LogP contribution in [0.4, 0.5) is 5.69 Å². The van der Waals surface area contributed by atoms with E-state index in [1.807, 2.05) is 13.1 Å². The van der Waals surface area contributed by atoms with E-state index < -0.39 is 0 Å². The number of nitro benzene ring substituents is 1. The lowest BCUT2D eigenvalue weighted by atomic mass is 10.1. The first-order chi connectivity index (χ1) is 10.2. The summed E-state index contributed by atoms with van der Waals surface area (Å²) in [5, 5.41) is 14.1. The Kier molecular flexibility index (Phi) is 8.43. The van der Waals surface area contributed by atoms with Gasteiger partial charge in [-0.3, -0.25) is 10.1 Å². The molecule has 0 fully saturated rings. The molecule has 1 aromatic rings. The van der Waals surface area contributed by atoms with Crippen molar-refractivity contribution in [2.75, 3.05) is 13.7 Å². The smallest absolute Gasteiger partial charge is 0.311 e. The molecule has 0 saturated carbocycles. The van der Waals surface area contributed by atoms with Crippen LogP contribution in [0, 0.1) is 10.1 Å². The molecule has 0 spiro atoms. The highest BCUT2D eigenvalue weighted by molar-refractivity contribution is 5.48. The molecular weight excluding hydrogens is 268 g/mol. The Bertz CT molecular complexity index is 436. The molecule has 0 atom stereocenters. The van der Waals surface area contributed by atoms with Crippen molar-refractivity contribution in [3.63, 3.8) is 0 Å². The Morgan fingerprint density at radius 3 is 2.57 bits per heavy atom. The summed E-state index contributed by atoms with van der Waals surface area (Å²) in [6.45, 7) is 3.34. The number of hydrogen-bond donors (Lipinski definition) is 1. The minimum absolute atomic E-state index is 0.0498. The average molecular weight is 294 g/mol. The van der Waals surface area contributed by atoms with E-state index in [-0.39, 0.29) is 10.6 Å². The van der Waals surface area contributed by atoms with Crippen molar-refractivity contribution in [3.8, 4) is 5.75 Å². The molecule has 118 valence electrons. The lowest BCUT2D eigenvalue weighted by Gasteiger charge is -2.08. The van der Waals surface area contributed by atoms with Gasteiger partial charge in [0.25, 0.3) is 0 Å². The van der Waals surface area contributed by atoms with Crippen molar-refractivity contribution in [3.05, 3.63) is 33.9 Å². The highest BCUT2D eigenvalue weighted by Crippen LogP contribution is 2.28. The number of rotatable bonds is 11. The first-order valence-corrected chi connectivity index (χ1v) is 7.73. The van der Waals surface area contributed by atoms with Crippen molar-refractivity contribution in [1.82, 2.24) is 5.32 Å². The van der Waals surface area contributed by atoms with Crippen LogP contribution in [0.25, 0.3) is 0 Å². The summed E-state index contributed by atoms with van der Waals surface area (Å²) in [5.41, 5.74) is 0.935. The molecule has 1 aromatic carbocycles. The summed E-state index contributed by atoms with van der Waals surface area (Å²) >= 11 is 0. The number of nitrogens with one attached hydrogen (secondary N) is 1. The van der Waals surface area contributed by atoms with Gasteiger partial charge in [0.05, 0.1) is 11.5 Å². The van der Waals surface area contributed by atoms with Gasteiger partial charge in [0.15, 0.2) is 5.75 Å². The van der Waals surface area contributed by atoms with Crippen molar-refractivity contribution in [1.29, 1.82) is 0 Å². The summed E-state index contributed by atoms with van der Waals surface area (Å²) in [7, 11) is 1.81. The minimum Gasteiger partial charge on any atom is -0.487 e. The SMILES string of the molecule is CCCCCCCCOc1ccc(CNC)cc1[N+](=O)[O-]. The summed E-state index contributed by atoms with van der Waals surface area (Å²) in [5.74, 6) is 0.369. The van der Waals surface area contributed by atoms with E-state index in [2.05, 4.69) is 12.2 Å². The molecule has 0 saturated heterocycles. The quantitative estimate of drug-likeness (QED) is 0.380. The van der Waals surface area contributed by atoms with E-state index in [4.69, 9.17) is 4.74 Å². The second-order valence-electron chi connectivity index (χ2n) is 5.21. The molecule has 0 aromatic heterocycles. The van der Waals surface area contributed by atoms with Crippen LogP contribution in [-0.2, 0) is 6.54 Å². The van der Waals surface area contributed by atoms with Crippen molar-refractivity contribution in [2.45, 2.75) is 52.0 Å². The lowest BCUT2D eigenvalue weighted by Crippen LogP contribution is -2.06. The van der Waals surface area contributed by atoms with Gasteiger partial charge in [-0.2, -0.15) is 0 Å². The van der Waals surface area contributed by atoms with Gasteiger partial charge in [0, 0.05) is 12.6 Å². The van der Waals surface area contributed by atoms with E-state index in [1.165, 1.54) is 25.7 Å². The van der Waals surface area contributed by atoms with Crippen LogP contribution in [-0.4, -0.2) is 18.6 Å². The zero-order chi connectivity index (χ0) is 15.5. The Hall–Kier alpha value is -1.62. The van der Waals surface area contributed by atoms with Crippen LogP contribution in [0.3, 0.4) is 0 Å². The number of hydrogen-bond acceptors (Lipinski definition) is 4. The number of benzene rings is 1. The number of unbranched alkanes of at least 4 members (excludes halogenated alkanes) is 5. The summed E-state index contributed by atoms with van der Waals surface area (Å²) in [4.78, 5) is 10.7. The first-order valence-electron chi connectivity index (χ1n) is 7.73. The topological polar surface area (TPSA) is 64.4 Å². The molecule has 0 aliphatic heterocycles. The van der Waals surface area contributed by atoms with Gasteiger partial charge in [-0.15, -0.1) is 0 Å². The number of ether oxygens (including phenoxy) is 1. The molecule has 0 aliphatic carbocycles. The zero-order valence-corrected chi connectivity index (χ0v) is 13.1. The molecule has 0 unspecified atom stereocenters. The molecule has 0 radical (unpaired) electrons. The third-order valence-corrected chi connectivity index (χ3v) is 3.36. The third kappa shape index (κ3) is 6.58. The van der Waals surface area contributed by atoms with Crippen molar-refractivity contribution in [2.24, 2.45) is 0 Å². The maximum Gasteiger partial charge on any atom is 0.311 e. The highest BCUT2D eigenvalue weighted by Gasteiger charge is 2.15. The van der Waals surface area contributed by atoms with Gasteiger partial charge in [-0.1, -0.05) is 45.1 Å². The van der Waals surface area contributed by atoms with E-state index in [0.717, 1.165) is 18.4 Å². The molecule has 0 aliphatic rings. The van der Waals surface area contributed by atoms with Crippen LogP contribution >= 0.6 is 0 Å². The zero-order valence-electron chi connectivity index (χ0n) is 13.1. The van der Waals surface area contributed by atoms with E-state index in [0.29, 0.717) is 18.9 Å². The molecule has 0 amide bonds. The predicted molar refractivity (Wildman–Crippen MR) is 84.7 cm³/mol. The summed E-state index contributed by atoms with van der Waals surface area (Å²) in [6.07, 6.45) is 7.04. The molecule has 21 heavy (non-hydrogen) atoms. The van der Waals surface area contributed by atoms with Crippen LogP contribution in [0.1, 0.15) is 51.0 Å². The fraction of sp³-hybridized carbons (Fsp3) is 0.625. The van der Waals surface area contributed by atoms with Gasteiger partial charge in [-0.25, -0.2) is 0 Å². The maximum atomic E-state index is 11.1. The Balaban J connectivity index is 2.45. The van der Waals surface area contributed by atoms with Gasteiger partial charge < -0.3 is 10.1 Å². The maximum absolute atomic E-state index is 11.1. The fourth-order valence-corrected chi connectivity index (χ4v) is 2.21. The first kappa shape index (κ1) is 17.4. The van der Waals surface area contributed by atoms with E-state index in [9.17, 15) is 10.1 Å². The largest absolute Gasteiger partial charge is 0.487 e. The second kappa shape index (κ2) is 10.2. The molecule has 1 rings (SSSR count). The normalized spacial score (nSPS) is 10.6. The summed E-state index contributed by atoms with van der Waals surface area (Å²) in [6, 6.07) is 5.13. The highest BCUT2D eigenvalue weighted by atomic mass is 16.6. The van der Waals surface area contributed by atoms with Gasteiger partial charge >= 0.3 is 5.69 Å². The van der Waals surface area contributed by atoms with Gasteiger partial charge in [0.1, 0.15) is 0 Å². The molecular formula is C16H26N2O3. The Labute approximate surface area is 126 Å². The number of nitrogens with zero attached hydrogens (tertiary/aromatic N) is 1. The van der Waals surface area contributed by atoms with Crippen LogP contribution in [0.15, 0.2) is 18.2 Å². The molecule has 5 nitrogen and oxygen atoms in total. The van der Waals surface area contributed by atoms with Gasteiger partial charge in [-0.05, 0) is 25.1 Å². The second-order valence-corrected chi connectivity index (χ2v) is 5.21. The Morgan fingerprint density at radius 1 is 1.19 bits per heavy atom. The van der Waals surface area contributed by atoms with E-state index >= 15 is 0 Å². The monoisotopic (exact) mass is 294 g/mol. The minimum atomic E-state index is -0.379. The third-order valence-electron chi connectivity index (χ3n) is 3.36. The van der Waals surface area contributed by atoms with Crippen molar-refractivity contribution >= 4 is 5.69 Å². The van der Waals surface area contributed by atoms with Crippen LogP contribution in [0.2, 0.25) is 0 Å². The average Bonchev–Trinajstić information content (AvgIpc) is 2.47. The van der Waals surface area contributed by atoms with Gasteiger partial charge in [0.2, 0.25) is 0 Å². The van der Waals surface area contributed by atoms with Crippen LogP contribution < -0.4 is 10.1 Å². The molecule has 0 bridgehead atoms. The van der Waals surface area contributed by atoms with E-state index in [1.54, 1.807) is 12.1 Å². The predicted octanol–water partition coefficient (Wildman–Crippen LogP) is 4.05. The lowest BCUT2D eigenvalue weighted by molar-refractivity contribution is -0.385. The molecule has 5 heteroatoms. The van der Waals surface area contributed by atoms with Crippen LogP contribution in [0.5, 0.6) is 5.75 Å².